The summed E-state index contributed by atoms with van der Waals surface area (Å²) in [7, 11) is 0. The Morgan fingerprint density at radius 2 is 1.72 bits per heavy atom. The molecule has 0 atom stereocenters. The van der Waals surface area contributed by atoms with Crippen LogP contribution >= 0.6 is 0 Å². The zero-order valence-corrected chi connectivity index (χ0v) is 13.1. The second kappa shape index (κ2) is 10.6. The van der Waals surface area contributed by atoms with Gasteiger partial charge in [-0.05, 0) is 38.0 Å². The van der Waals surface area contributed by atoms with Crippen molar-refractivity contribution in [1.29, 1.82) is 0 Å². The van der Waals surface area contributed by atoms with Crippen molar-refractivity contribution in [2.75, 3.05) is 0 Å². The lowest BCUT2D eigenvalue weighted by atomic mass is 9.95. The van der Waals surface area contributed by atoms with E-state index in [9.17, 15) is 0 Å². The highest BCUT2D eigenvalue weighted by Gasteiger charge is 2.12. The Morgan fingerprint density at radius 1 is 1.22 bits per heavy atom. The van der Waals surface area contributed by atoms with Gasteiger partial charge in [0.05, 0.1) is 0 Å². The number of hydrogen-bond acceptors (Lipinski definition) is 1. The van der Waals surface area contributed by atoms with E-state index in [0.717, 1.165) is 17.0 Å². The maximum atomic E-state index is 3.98. The molecule has 0 aromatic carbocycles. The molecule has 0 amide bonds. The highest BCUT2D eigenvalue weighted by molar-refractivity contribution is 5.56. The highest BCUT2D eigenvalue weighted by Crippen LogP contribution is 2.26. The fourth-order valence-corrected chi connectivity index (χ4v) is 1.51. The quantitative estimate of drug-likeness (QED) is 0.678. The van der Waals surface area contributed by atoms with E-state index in [1.807, 2.05) is 47.6 Å². The molecule has 0 aromatic rings. The van der Waals surface area contributed by atoms with Crippen molar-refractivity contribution < 1.29 is 0 Å². The van der Waals surface area contributed by atoms with Crippen LogP contribution in [0.5, 0.6) is 0 Å². The predicted octanol–water partition coefficient (Wildman–Crippen LogP) is 5.51. The summed E-state index contributed by atoms with van der Waals surface area (Å²) in [5.41, 5.74) is 5.60. The molecule has 1 aliphatic rings. The van der Waals surface area contributed by atoms with Gasteiger partial charge in [-0.3, -0.25) is 0 Å². The minimum Gasteiger partial charge on any atom is -0.359 e. The van der Waals surface area contributed by atoms with Crippen LogP contribution in [0.1, 0.15) is 48.5 Å². The molecular formula is C17H29N. The first-order valence-corrected chi connectivity index (χ1v) is 6.74. The van der Waals surface area contributed by atoms with Crippen molar-refractivity contribution in [1.82, 2.24) is 5.32 Å². The van der Waals surface area contributed by atoms with Crippen LogP contribution in [-0.2, 0) is 0 Å². The fourth-order valence-electron chi connectivity index (χ4n) is 1.51. The van der Waals surface area contributed by atoms with Crippen LogP contribution in [0.2, 0.25) is 0 Å². The smallest absolute Gasteiger partial charge is 0.0388 e. The van der Waals surface area contributed by atoms with Gasteiger partial charge < -0.3 is 5.32 Å². The minimum atomic E-state index is 0.927. The second-order valence-corrected chi connectivity index (χ2v) is 3.43. The van der Waals surface area contributed by atoms with Gasteiger partial charge in [0.1, 0.15) is 0 Å². The van der Waals surface area contributed by atoms with E-state index < -0.39 is 0 Å². The van der Waals surface area contributed by atoms with Gasteiger partial charge >= 0.3 is 0 Å². The number of hydrogen-bond donors (Lipinski definition) is 1. The molecule has 1 aliphatic heterocycles. The van der Waals surface area contributed by atoms with Gasteiger partial charge in [0.25, 0.3) is 0 Å². The Balaban J connectivity index is 0. The van der Waals surface area contributed by atoms with E-state index >= 15 is 0 Å². The zero-order chi connectivity index (χ0) is 14.7. The van der Waals surface area contributed by atoms with E-state index in [4.69, 9.17) is 0 Å². The average Bonchev–Trinajstić information content (AvgIpc) is 2.41. The van der Waals surface area contributed by atoms with Gasteiger partial charge in [0.2, 0.25) is 0 Å². The molecule has 1 rings (SSSR count). The molecule has 0 aromatic heterocycles. The number of rotatable bonds is 2. The Labute approximate surface area is 114 Å². The maximum absolute atomic E-state index is 3.98. The molecule has 0 bridgehead atoms. The second-order valence-electron chi connectivity index (χ2n) is 3.43. The van der Waals surface area contributed by atoms with E-state index in [2.05, 4.69) is 37.6 Å². The van der Waals surface area contributed by atoms with Gasteiger partial charge in [-0.25, -0.2) is 0 Å². The van der Waals surface area contributed by atoms with Gasteiger partial charge in [-0.2, -0.15) is 0 Å². The predicted molar refractivity (Wildman–Crippen MR) is 85.4 cm³/mol. The lowest BCUT2D eigenvalue weighted by molar-refractivity contribution is 0.963. The Bertz CT molecular complexity index is 365. The monoisotopic (exact) mass is 247 g/mol. The summed E-state index contributed by atoms with van der Waals surface area (Å²) in [5.74, 6) is 0. The van der Waals surface area contributed by atoms with Crippen LogP contribution in [-0.4, -0.2) is 0 Å². The van der Waals surface area contributed by atoms with Crippen LogP contribution in [0, 0.1) is 0 Å². The van der Waals surface area contributed by atoms with Crippen LogP contribution in [0.3, 0.4) is 0 Å². The summed E-state index contributed by atoms with van der Waals surface area (Å²) in [6.07, 6.45) is 6.07. The molecule has 0 radical (unpaired) electrons. The number of dihydropyridines is 1. The molecule has 0 fully saturated rings. The van der Waals surface area contributed by atoms with E-state index in [0.29, 0.717) is 0 Å². The SMILES string of the molecule is C=CC1=C(/C(C)=C\C)C=C(C)NC1=C.CC.CC. The molecule has 0 spiro atoms. The van der Waals surface area contributed by atoms with Crippen molar-refractivity contribution in [2.45, 2.75) is 48.5 Å². The van der Waals surface area contributed by atoms with Gasteiger partial charge in [-0.15, -0.1) is 0 Å². The lowest BCUT2D eigenvalue weighted by Crippen LogP contribution is -2.16. The summed E-state index contributed by atoms with van der Waals surface area (Å²) in [6, 6.07) is 0. The first-order chi connectivity index (χ1) is 8.60. The van der Waals surface area contributed by atoms with Gasteiger partial charge in [-0.1, -0.05) is 53.0 Å². The largest absolute Gasteiger partial charge is 0.359 e. The standard InChI is InChI=1S/C13H17N.2C2H6/c1-6-9(3)13-8-10(4)14-11(5)12(13)7-2;2*1-2/h6-8,14H,2,5H2,1,3-4H3;2*1-2H3/b9-6-;;. The van der Waals surface area contributed by atoms with Crippen LogP contribution in [0.4, 0.5) is 0 Å². The summed E-state index contributed by atoms with van der Waals surface area (Å²) in [6.45, 7) is 22.0. The summed E-state index contributed by atoms with van der Waals surface area (Å²) < 4.78 is 0. The molecule has 1 nitrogen and oxygen atoms in total. The minimum absolute atomic E-state index is 0.927. The zero-order valence-electron chi connectivity index (χ0n) is 13.1. The average molecular weight is 247 g/mol. The molecular weight excluding hydrogens is 218 g/mol. The first-order valence-electron chi connectivity index (χ1n) is 6.74. The third-order valence-electron chi connectivity index (χ3n) is 2.39. The van der Waals surface area contributed by atoms with Crippen molar-refractivity contribution >= 4 is 0 Å². The van der Waals surface area contributed by atoms with Crippen molar-refractivity contribution in [3.05, 3.63) is 59.5 Å². The first kappa shape index (κ1) is 18.9. The Morgan fingerprint density at radius 3 is 2.11 bits per heavy atom. The normalized spacial score (nSPS) is 14.5. The summed E-state index contributed by atoms with van der Waals surface area (Å²) in [4.78, 5) is 0. The third kappa shape index (κ3) is 5.22. The molecule has 0 saturated carbocycles. The molecule has 1 N–H and O–H groups in total. The van der Waals surface area contributed by atoms with Crippen LogP contribution in [0.25, 0.3) is 0 Å². The maximum Gasteiger partial charge on any atom is 0.0388 e. The number of allylic oxidation sites excluding steroid dienone is 6. The summed E-state index contributed by atoms with van der Waals surface area (Å²) in [5, 5.41) is 3.20. The molecule has 0 saturated heterocycles. The Kier molecular flexibility index (Phi) is 11.1. The lowest BCUT2D eigenvalue weighted by Gasteiger charge is -2.21. The molecule has 0 aliphatic carbocycles. The van der Waals surface area contributed by atoms with Crippen molar-refractivity contribution in [2.24, 2.45) is 0 Å². The highest BCUT2D eigenvalue weighted by atomic mass is 14.9. The van der Waals surface area contributed by atoms with E-state index in [-0.39, 0.29) is 0 Å². The third-order valence-corrected chi connectivity index (χ3v) is 2.39. The molecule has 0 unspecified atom stereocenters. The fraction of sp³-hybridized carbons (Fsp3) is 0.412. The summed E-state index contributed by atoms with van der Waals surface area (Å²) >= 11 is 0. The van der Waals surface area contributed by atoms with Gasteiger partial charge in [0, 0.05) is 17.0 Å². The molecule has 102 valence electrons. The molecule has 18 heavy (non-hydrogen) atoms. The topological polar surface area (TPSA) is 12.0 Å². The van der Waals surface area contributed by atoms with Crippen LogP contribution in [0.15, 0.2) is 59.5 Å². The molecule has 1 heteroatoms. The van der Waals surface area contributed by atoms with Crippen molar-refractivity contribution in [3.8, 4) is 0 Å². The number of nitrogens with one attached hydrogen (secondary N) is 1. The van der Waals surface area contributed by atoms with E-state index in [1.54, 1.807) is 0 Å². The molecule has 1 heterocycles. The van der Waals surface area contributed by atoms with E-state index in [1.165, 1.54) is 11.1 Å². The van der Waals surface area contributed by atoms with Crippen molar-refractivity contribution in [3.63, 3.8) is 0 Å². The van der Waals surface area contributed by atoms with Gasteiger partial charge in [0.15, 0.2) is 0 Å². The van der Waals surface area contributed by atoms with Crippen LogP contribution < -0.4 is 5.32 Å². The Hall–Kier alpha value is -1.50.